The summed E-state index contributed by atoms with van der Waals surface area (Å²) in [5.41, 5.74) is 2.53. The predicted molar refractivity (Wildman–Crippen MR) is 58.2 cm³/mol. The molecule has 0 fully saturated rings. The third-order valence-corrected chi connectivity index (χ3v) is 3.47. The predicted octanol–water partition coefficient (Wildman–Crippen LogP) is 3.54. The van der Waals surface area contributed by atoms with Crippen LogP contribution in [-0.4, -0.2) is 5.71 Å². The average molecular weight is 263 g/mol. The number of nitrogens with zero attached hydrogens (tertiary/aromatic N) is 1. The molecule has 0 aromatic rings. The highest BCUT2D eigenvalue weighted by Crippen LogP contribution is 2.29. The molecule has 0 aromatic heterocycles. The first kappa shape index (κ1) is 9.23. The molecule has 1 atom stereocenters. The van der Waals surface area contributed by atoms with Crippen molar-refractivity contribution in [2.45, 2.75) is 33.6 Å². The van der Waals surface area contributed by atoms with E-state index in [1.165, 1.54) is 27.8 Å². The lowest BCUT2D eigenvalue weighted by atomic mass is 9.95. The summed E-state index contributed by atoms with van der Waals surface area (Å²) in [6.45, 7) is 6.46. The van der Waals surface area contributed by atoms with Crippen molar-refractivity contribution in [3.63, 3.8) is 0 Å². The number of hydrogen-bond donors (Lipinski definition) is 0. The van der Waals surface area contributed by atoms with Crippen LogP contribution >= 0.6 is 22.6 Å². The summed E-state index contributed by atoms with van der Waals surface area (Å²) >= 11 is 2.40. The Hall–Kier alpha value is 0.140. The maximum atomic E-state index is 4.50. The van der Waals surface area contributed by atoms with Crippen molar-refractivity contribution >= 4 is 28.3 Å². The lowest BCUT2D eigenvalue weighted by Crippen LogP contribution is -2.14. The van der Waals surface area contributed by atoms with Crippen molar-refractivity contribution in [3.8, 4) is 0 Å². The van der Waals surface area contributed by atoms with Gasteiger partial charge >= 0.3 is 0 Å². The van der Waals surface area contributed by atoms with E-state index in [1.807, 2.05) is 0 Å². The van der Waals surface area contributed by atoms with E-state index in [2.05, 4.69) is 48.4 Å². The molecule has 0 N–H and O–H groups in total. The summed E-state index contributed by atoms with van der Waals surface area (Å²) in [7, 11) is 0. The second kappa shape index (κ2) is 3.70. The molecule has 0 amide bonds. The number of hydrogen-bond acceptors (Lipinski definition) is 1. The van der Waals surface area contributed by atoms with Crippen LogP contribution in [0.3, 0.4) is 0 Å². The molecule has 0 aliphatic carbocycles. The fourth-order valence-corrected chi connectivity index (χ4v) is 2.02. The fourth-order valence-electron chi connectivity index (χ4n) is 1.37. The highest BCUT2D eigenvalue weighted by Gasteiger charge is 2.16. The molecule has 62 valence electrons. The Morgan fingerprint density at radius 3 is 2.73 bits per heavy atom. The van der Waals surface area contributed by atoms with Crippen molar-refractivity contribution in [1.29, 1.82) is 0 Å². The standard InChI is InChI=1S/C9H14IN/c1-4-8-5-9(10)7(3)11-6(8)2/h8H,4-5H2,1-3H3. The fraction of sp³-hybridized carbons (Fsp3) is 0.667. The first-order valence-corrected chi connectivity index (χ1v) is 5.13. The van der Waals surface area contributed by atoms with E-state index in [1.54, 1.807) is 0 Å². The monoisotopic (exact) mass is 263 g/mol. The molecule has 1 aliphatic heterocycles. The first-order valence-electron chi connectivity index (χ1n) is 4.05. The van der Waals surface area contributed by atoms with E-state index in [0.717, 1.165) is 0 Å². The largest absolute Gasteiger partial charge is 0.262 e. The highest BCUT2D eigenvalue weighted by molar-refractivity contribution is 14.1. The van der Waals surface area contributed by atoms with Gasteiger partial charge in [-0.3, -0.25) is 4.99 Å². The molecule has 0 aromatic carbocycles. The zero-order valence-corrected chi connectivity index (χ0v) is 9.47. The minimum Gasteiger partial charge on any atom is -0.262 e. The van der Waals surface area contributed by atoms with Crippen molar-refractivity contribution in [2.24, 2.45) is 10.9 Å². The first-order chi connectivity index (χ1) is 5.15. The maximum Gasteiger partial charge on any atom is 0.0464 e. The Morgan fingerprint density at radius 1 is 1.55 bits per heavy atom. The Kier molecular flexibility index (Phi) is 3.10. The van der Waals surface area contributed by atoms with Crippen molar-refractivity contribution in [2.75, 3.05) is 0 Å². The molecule has 0 saturated heterocycles. The molecule has 1 aliphatic rings. The topological polar surface area (TPSA) is 12.4 Å². The second-order valence-corrected chi connectivity index (χ2v) is 4.35. The van der Waals surface area contributed by atoms with Crippen LogP contribution < -0.4 is 0 Å². The smallest absolute Gasteiger partial charge is 0.0464 e. The molecule has 1 heterocycles. The van der Waals surface area contributed by atoms with E-state index in [4.69, 9.17) is 0 Å². The molecule has 1 unspecified atom stereocenters. The Balaban J connectivity index is 2.82. The lowest BCUT2D eigenvalue weighted by Gasteiger charge is -2.19. The van der Waals surface area contributed by atoms with Gasteiger partial charge in [0.2, 0.25) is 0 Å². The summed E-state index contributed by atoms with van der Waals surface area (Å²) in [5.74, 6) is 0.700. The quantitative estimate of drug-likeness (QED) is 0.641. The van der Waals surface area contributed by atoms with Crippen LogP contribution in [0, 0.1) is 5.92 Å². The van der Waals surface area contributed by atoms with Gasteiger partial charge in [-0.15, -0.1) is 0 Å². The molecule has 0 radical (unpaired) electrons. The highest BCUT2D eigenvalue weighted by atomic mass is 127. The van der Waals surface area contributed by atoms with Gasteiger partial charge in [0.25, 0.3) is 0 Å². The minimum atomic E-state index is 0.700. The number of rotatable bonds is 1. The summed E-state index contributed by atoms with van der Waals surface area (Å²) < 4.78 is 1.43. The zero-order valence-electron chi connectivity index (χ0n) is 7.32. The van der Waals surface area contributed by atoms with Gasteiger partial charge in [0.1, 0.15) is 0 Å². The Labute approximate surface area is 82.1 Å². The molecular weight excluding hydrogens is 249 g/mol. The van der Waals surface area contributed by atoms with Gasteiger partial charge in [0, 0.05) is 20.9 Å². The Morgan fingerprint density at radius 2 is 2.18 bits per heavy atom. The minimum absolute atomic E-state index is 0.700. The summed E-state index contributed by atoms with van der Waals surface area (Å²) in [4.78, 5) is 4.50. The summed E-state index contributed by atoms with van der Waals surface area (Å²) in [6.07, 6.45) is 2.42. The van der Waals surface area contributed by atoms with Crippen LogP contribution in [-0.2, 0) is 0 Å². The van der Waals surface area contributed by atoms with Crippen LogP contribution in [0.15, 0.2) is 14.3 Å². The number of halogens is 1. The number of allylic oxidation sites excluding steroid dienone is 2. The molecule has 1 rings (SSSR count). The maximum absolute atomic E-state index is 4.50. The molecule has 0 spiro atoms. The van der Waals surface area contributed by atoms with E-state index in [9.17, 15) is 0 Å². The molecular formula is C9H14IN. The van der Waals surface area contributed by atoms with Crippen molar-refractivity contribution in [3.05, 3.63) is 9.28 Å². The molecule has 1 nitrogen and oxygen atoms in total. The van der Waals surface area contributed by atoms with Gasteiger partial charge in [-0.2, -0.15) is 0 Å². The zero-order chi connectivity index (χ0) is 8.43. The third kappa shape index (κ3) is 2.04. The van der Waals surface area contributed by atoms with Crippen LogP contribution in [0.4, 0.5) is 0 Å². The van der Waals surface area contributed by atoms with Crippen molar-refractivity contribution in [1.82, 2.24) is 0 Å². The van der Waals surface area contributed by atoms with Gasteiger partial charge in [-0.05, 0) is 49.3 Å². The molecule has 0 bridgehead atoms. The normalized spacial score (nSPS) is 25.5. The van der Waals surface area contributed by atoms with Crippen LogP contribution in [0.2, 0.25) is 0 Å². The van der Waals surface area contributed by atoms with E-state index >= 15 is 0 Å². The van der Waals surface area contributed by atoms with E-state index in [0.29, 0.717) is 5.92 Å². The molecule has 11 heavy (non-hydrogen) atoms. The Bertz CT molecular complexity index is 216. The van der Waals surface area contributed by atoms with Crippen LogP contribution in [0.5, 0.6) is 0 Å². The average Bonchev–Trinajstić information content (AvgIpc) is 1.97. The lowest BCUT2D eigenvalue weighted by molar-refractivity contribution is 0.657. The second-order valence-electron chi connectivity index (χ2n) is 3.05. The van der Waals surface area contributed by atoms with Crippen LogP contribution in [0.25, 0.3) is 0 Å². The molecule has 0 saturated carbocycles. The van der Waals surface area contributed by atoms with Gasteiger partial charge in [-0.25, -0.2) is 0 Å². The third-order valence-electron chi connectivity index (χ3n) is 2.25. The van der Waals surface area contributed by atoms with Gasteiger partial charge in [0.15, 0.2) is 0 Å². The summed E-state index contributed by atoms with van der Waals surface area (Å²) in [5, 5.41) is 0. The number of aliphatic imine (C=N–C) groups is 1. The molecule has 2 heteroatoms. The van der Waals surface area contributed by atoms with Gasteiger partial charge in [0.05, 0.1) is 0 Å². The van der Waals surface area contributed by atoms with E-state index in [-0.39, 0.29) is 0 Å². The van der Waals surface area contributed by atoms with E-state index < -0.39 is 0 Å². The van der Waals surface area contributed by atoms with Crippen LogP contribution in [0.1, 0.15) is 33.6 Å². The summed E-state index contributed by atoms with van der Waals surface area (Å²) in [6, 6.07) is 0. The van der Waals surface area contributed by atoms with Gasteiger partial charge < -0.3 is 0 Å². The SMILES string of the molecule is CCC1CC(I)=C(C)N=C1C. The van der Waals surface area contributed by atoms with Gasteiger partial charge in [-0.1, -0.05) is 6.92 Å². The van der Waals surface area contributed by atoms with Crippen molar-refractivity contribution < 1.29 is 0 Å².